The normalized spacial score (nSPS) is 10.5. The maximum Gasteiger partial charge on any atom is 0.338 e. The van der Waals surface area contributed by atoms with Gasteiger partial charge in [-0.3, -0.25) is 33.6 Å². The van der Waals surface area contributed by atoms with Crippen molar-refractivity contribution in [3.63, 3.8) is 0 Å². The first kappa shape index (κ1) is 22.4. The first-order chi connectivity index (χ1) is 12.1. The summed E-state index contributed by atoms with van der Waals surface area (Å²) in [7, 11) is 0. The highest BCUT2D eigenvalue weighted by molar-refractivity contribution is 6.12. The third-order valence-electron chi connectivity index (χ3n) is 2.41. The number of aliphatic carboxylic acids is 1. The SMILES string of the molecule is O=C/C=C/C(=O)CC(=O)CC(=O)OC(=O)/C=C/C(=O)CC(=O)CC(=O)O. The van der Waals surface area contributed by atoms with Gasteiger partial charge in [-0.15, -0.1) is 0 Å². The molecule has 0 aliphatic heterocycles. The van der Waals surface area contributed by atoms with Crippen molar-refractivity contribution in [1.29, 1.82) is 0 Å². The molecule has 26 heavy (non-hydrogen) atoms. The molecule has 0 atom stereocenters. The molecule has 0 aliphatic carbocycles. The maximum absolute atomic E-state index is 11.4. The molecule has 0 heterocycles. The molecule has 10 nitrogen and oxygen atoms in total. The number of carboxylic acids is 1. The van der Waals surface area contributed by atoms with Crippen molar-refractivity contribution in [1.82, 2.24) is 0 Å². The second-order valence-electron chi connectivity index (χ2n) is 4.73. The number of ketones is 4. The van der Waals surface area contributed by atoms with E-state index in [4.69, 9.17) is 5.11 Å². The number of esters is 2. The Balaban J connectivity index is 4.33. The van der Waals surface area contributed by atoms with E-state index < -0.39 is 66.7 Å². The fourth-order valence-electron chi connectivity index (χ4n) is 1.45. The number of Topliss-reactive ketones (excluding diaryl/α,β-unsaturated/α-hetero) is 2. The van der Waals surface area contributed by atoms with Crippen molar-refractivity contribution < 1.29 is 48.2 Å². The van der Waals surface area contributed by atoms with Gasteiger partial charge in [-0.05, 0) is 18.2 Å². The zero-order chi connectivity index (χ0) is 20.1. The van der Waals surface area contributed by atoms with Crippen LogP contribution in [0.2, 0.25) is 0 Å². The average molecular weight is 366 g/mol. The van der Waals surface area contributed by atoms with Gasteiger partial charge in [-0.1, -0.05) is 0 Å². The monoisotopic (exact) mass is 366 g/mol. The van der Waals surface area contributed by atoms with Crippen LogP contribution in [0.15, 0.2) is 24.3 Å². The molecule has 0 aromatic rings. The van der Waals surface area contributed by atoms with Crippen LogP contribution in [-0.4, -0.2) is 52.4 Å². The Morgan fingerprint density at radius 2 is 1.27 bits per heavy atom. The van der Waals surface area contributed by atoms with E-state index in [9.17, 15) is 38.4 Å². The molecule has 0 unspecified atom stereocenters. The zero-order valence-electron chi connectivity index (χ0n) is 13.3. The topological polar surface area (TPSA) is 166 Å². The van der Waals surface area contributed by atoms with Crippen LogP contribution in [0, 0.1) is 0 Å². The van der Waals surface area contributed by atoms with Crippen LogP contribution in [0.4, 0.5) is 0 Å². The summed E-state index contributed by atoms with van der Waals surface area (Å²) in [4.78, 5) is 87.7. The highest BCUT2D eigenvalue weighted by atomic mass is 16.6. The molecule has 0 aliphatic rings. The predicted molar refractivity (Wildman–Crippen MR) is 81.6 cm³/mol. The number of ether oxygens (including phenoxy) is 1. The molecular weight excluding hydrogens is 352 g/mol. The molecule has 0 spiro atoms. The fourth-order valence-corrected chi connectivity index (χ4v) is 1.45. The van der Waals surface area contributed by atoms with Gasteiger partial charge >= 0.3 is 17.9 Å². The molecule has 0 aromatic heterocycles. The number of allylic oxidation sites excluding steroid dienone is 3. The van der Waals surface area contributed by atoms with Crippen LogP contribution in [0.1, 0.15) is 25.7 Å². The molecule has 0 amide bonds. The third kappa shape index (κ3) is 11.9. The second-order valence-corrected chi connectivity index (χ2v) is 4.73. The summed E-state index contributed by atoms with van der Waals surface area (Å²) in [5, 5.41) is 8.35. The average Bonchev–Trinajstić information content (AvgIpc) is 2.49. The Bertz CT molecular complexity index is 696. The fraction of sp³-hybridized carbons (Fsp3) is 0.250. The van der Waals surface area contributed by atoms with Crippen molar-refractivity contribution in [2.45, 2.75) is 25.7 Å². The largest absolute Gasteiger partial charge is 0.481 e. The molecule has 1 N–H and O–H groups in total. The van der Waals surface area contributed by atoms with Gasteiger partial charge in [0.1, 0.15) is 19.1 Å². The number of aldehydes is 1. The van der Waals surface area contributed by atoms with Gasteiger partial charge in [-0.25, -0.2) is 4.79 Å². The van der Waals surface area contributed by atoms with E-state index in [0.717, 1.165) is 12.2 Å². The van der Waals surface area contributed by atoms with E-state index in [1.54, 1.807) is 0 Å². The number of carbonyl (C=O) groups is 8. The lowest BCUT2D eigenvalue weighted by Crippen LogP contribution is -2.16. The van der Waals surface area contributed by atoms with E-state index in [1.807, 2.05) is 0 Å². The van der Waals surface area contributed by atoms with Gasteiger partial charge in [0.2, 0.25) is 0 Å². The van der Waals surface area contributed by atoms with E-state index in [0.29, 0.717) is 18.4 Å². The van der Waals surface area contributed by atoms with Gasteiger partial charge in [0.05, 0.1) is 12.8 Å². The highest BCUT2D eigenvalue weighted by Gasteiger charge is 2.16. The smallest absolute Gasteiger partial charge is 0.338 e. The van der Waals surface area contributed by atoms with Gasteiger partial charge < -0.3 is 9.84 Å². The van der Waals surface area contributed by atoms with Crippen LogP contribution in [0.25, 0.3) is 0 Å². The molecule has 0 saturated heterocycles. The van der Waals surface area contributed by atoms with Crippen molar-refractivity contribution in [3.8, 4) is 0 Å². The minimum atomic E-state index is -1.40. The number of hydrogen-bond donors (Lipinski definition) is 1. The summed E-state index contributed by atoms with van der Waals surface area (Å²) in [5.41, 5.74) is 0. The quantitative estimate of drug-likeness (QED) is 0.202. The third-order valence-corrected chi connectivity index (χ3v) is 2.41. The van der Waals surface area contributed by atoms with Crippen LogP contribution in [0.5, 0.6) is 0 Å². The summed E-state index contributed by atoms with van der Waals surface area (Å²) in [6.07, 6.45) is 0.116. The lowest BCUT2D eigenvalue weighted by Gasteiger charge is -1.99. The summed E-state index contributed by atoms with van der Waals surface area (Å²) in [6, 6.07) is 0. The number of carbonyl (C=O) groups excluding carboxylic acids is 7. The Kier molecular flexibility index (Phi) is 10.3. The van der Waals surface area contributed by atoms with Crippen molar-refractivity contribution in [3.05, 3.63) is 24.3 Å². The van der Waals surface area contributed by atoms with Gasteiger partial charge in [0.25, 0.3) is 0 Å². The molecule has 0 rings (SSSR count). The van der Waals surface area contributed by atoms with E-state index in [-0.39, 0.29) is 0 Å². The molecule has 10 heteroatoms. The van der Waals surface area contributed by atoms with Crippen molar-refractivity contribution in [2.75, 3.05) is 0 Å². The Morgan fingerprint density at radius 1 is 0.731 bits per heavy atom. The van der Waals surface area contributed by atoms with Gasteiger partial charge in [-0.2, -0.15) is 0 Å². The van der Waals surface area contributed by atoms with Gasteiger partial charge in [0, 0.05) is 6.08 Å². The number of carboxylic acid groups (broad SMARTS) is 1. The van der Waals surface area contributed by atoms with Crippen molar-refractivity contribution in [2.24, 2.45) is 0 Å². The van der Waals surface area contributed by atoms with E-state index in [1.165, 1.54) is 0 Å². The first-order valence-electron chi connectivity index (χ1n) is 6.99. The van der Waals surface area contributed by atoms with E-state index >= 15 is 0 Å². The molecule has 0 fully saturated rings. The molecule has 0 bridgehead atoms. The highest BCUT2D eigenvalue weighted by Crippen LogP contribution is 1.98. The summed E-state index contributed by atoms with van der Waals surface area (Å²) in [6.45, 7) is 0. The van der Waals surface area contributed by atoms with Crippen LogP contribution in [0.3, 0.4) is 0 Å². The number of hydrogen-bond acceptors (Lipinski definition) is 9. The molecular formula is C16H14O10. The Hall–Kier alpha value is -3.56. The summed E-state index contributed by atoms with van der Waals surface area (Å²) in [5.74, 6) is -7.23. The van der Waals surface area contributed by atoms with Gasteiger partial charge in [0.15, 0.2) is 23.1 Å². The maximum atomic E-state index is 11.4. The Labute approximate surface area is 146 Å². The number of rotatable bonds is 12. The minimum Gasteiger partial charge on any atom is -0.481 e. The Morgan fingerprint density at radius 3 is 1.81 bits per heavy atom. The molecule has 0 saturated carbocycles. The zero-order valence-corrected chi connectivity index (χ0v) is 13.3. The molecule has 0 radical (unpaired) electrons. The first-order valence-corrected chi connectivity index (χ1v) is 6.99. The molecule has 0 aromatic carbocycles. The lowest BCUT2D eigenvalue weighted by atomic mass is 10.1. The second kappa shape index (κ2) is 11.9. The van der Waals surface area contributed by atoms with E-state index in [2.05, 4.69) is 4.74 Å². The summed E-state index contributed by atoms with van der Waals surface area (Å²) < 4.78 is 4.20. The minimum absolute atomic E-state index is 0.332. The predicted octanol–water partition coefficient (Wildman–Crippen LogP) is -0.711. The standard InChI is InChI=1S/C16H14O10/c17-5-1-2-10(18)6-13(21)9-16(25)26-15(24)4-3-11(19)7-12(20)8-14(22)23/h1-5H,6-9H2,(H,22,23)/b2-1+,4-3+. The van der Waals surface area contributed by atoms with Crippen LogP contribution >= 0.6 is 0 Å². The summed E-state index contributed by atoms with van der Waals surface area (Å²) >= 11 is 0. The van der Waals surface area contributed by atoms with Crippen molar-refractivity contribution >= 4 is 47.3 Å². The lowest BCUT2D eigenvalue weighted by molar-refractivity contribution is -0.157. The van der Waals surface area contributed by atoms with Crippen LogP contribution in [-0.2, 0) is 43.1 Å². The van der Waals surface area contributed by atoms with Crippen LogP contribution < -0.4 is 0 Å². The molecule has 138 valence electrons.